The number of carbonyl (C=O) groups excluding carboxylic acids is 1. The Balaban J connectivity index is 1.59. The standard InChI is InChI=1S/C17H20N2O/c1-12(17(20)19-16-8-9-16)18-11-13-6-7-14-4-2-3-5-15(14)10-13/h2-7,10,12,16,18H,8-9,11H2,1H3,(H,19,20). The number of rotatable bonds is 5. The van der Waals surface area contributed by atoms with E-state index in [2.05, 4.69) is 41.0 Å². The van der Waals surface area contributed by atoms with Crippen molar-refractivity contribution >= 4 is 16.7 Å². The molecule has 0 spiro atoms. The molecule has 1 aliphatic carbocycles. The predicted molar refractivity (Wildman–Crippen MR) is 81.4 cm³/mol. The molecule has 1 atom stereocenters. The van der Waals surface area contributed by atoms with Crippen LogP contribution in [0.3, 0.4) is 0 Å². The summed E-state index contributed by atoms with van der Waals surface area (Å²) in [5.74, 6) is 0.105. The van der Waals surface area contributed by atoms with E-state index in [4.69, 9.17) is 0 Å². The number of hydrogen-bond donors (Lipinski definition) is 2. The first kappa shape index (κ1) is 13.1. The van der Waals surface area contributed by atoms with Gasteiger partial charge in [-0.05, 0) is 42.2 Å². The first-order chi connectivity index (χ1) is 9.72. The first-order valence-corrected chi connectivity index (χ1v) is 7.24. The molecule has 3 nitrogen and oxygen atoms in total. The fourth-order valence-corrected chi connectivity index (χ4v) is 2.27. The van der Waals surface area contributed by atoms with Gasteiger partial charge in [-0.25, -0.2) is 0 Å². The monoisotopic (exact) mass is 268 g/mol. The molecule has 0 bridgehead atoms. The van der Waals surface area contributed by atoms with Crippen LogP contribution < -0.4 is 10.6 Å². The Bertz CT molecular complexity index is 619. The number of nitrogens with one attached hydrogen (secondary N) is 2. The second-order valence-electron chi connectivity index (χ2n) is 5.57. The molecule has 0 saturated heterocycles. The van der Waals surface area contributed by atoms with Gasteiger partial charge in [0.25, 0.3) is 0 Å². The predicted octanol–water partition coefficient (Wildman–Crippen LogP) is 2.60. The third-order valence-electron chi connectivity index (χ3n) is 3.74. The van der Waals surface area contributed by atoms with E-state index in [9.17, 15) is 4.79 Å². The van der Waals surface area contributed by atoms with Crippen LogP contribution in [0.2, 0.25) is 0 Å². The van der Waals surface area contributed by atoms with Crippen LogP contribution in [-0.2, 0) is 11.3 Å². The highest BCUT2D eigenvalue weighted by molar-refractivity contribution is 5.83. The minimum atomic E-state index is -0.151. The summed E-state index contributed by atoms with van der Waals surface area (Å²) in [4.78, 5) is 11.9. The maximum absolute atomic E-state index is 11.9. The molecule has 0 heterocycles. The van der Waals surface area contributed by atoms with Crippen LogP contribution in [0.4, 0.5) is 0 Å². The summed E-state index contributed by atoms with van der Waals surface area (Å²) in [6.07, 6.45) is 2.26. The highest BCUT2D eigenvalue weighted by atomic mass is 16.2. The number of benzene rings is 2. The maximum Gasteiger partial charge on any atom is 0.237 e. The van der Waals surface area contributed by atoms with Crippen molar-refractivity contribution < 1.29 is 4.79 Å². The van der Waals surface area contributed by atoms with Gasteiger partial charge in [0.05, 0.1) is 6.04 Å². The van der Waals surface area contributed by atoms with Gasteiger partial charge < -0.3 is 10.6 Å². The van der Waals surface area contributed by atoms with Gasteiger partial charge in [-0.15, -0.1) is 0 Å². The van der Waals surface area contributed by atoms with Crippen molar-refractivity contribution in [1.82, 2.24) is 10.6 Å². The van der Waals surface area contributed by atoms with Crippen LogP contribution in [0.1, 0.15) is 25.3 Å². The van der Waals surface area contributed by atoms with Gasteiger partial charge >= 0.3 is 0 Å². The summed E-state index contributed by atoms with van der Waals surface area (Å²) < 4.78 is 0. The van der Waals surface area contributed by atoms with Crippen molar-refractivity contribution in [1.29, 1.82) is 0 Å². The summed E-state index contributed by atoms with van der Waals surface area (Å²) in [6.45, 7) is 2.63. The maximum atomic E-state index is 11.9. The van der Waals surface area contributed by atoms with E-state index in [1.807, 2.05) is 19.1 Å². The molecule has 3 rings (SSSR count). The van der Waals surface area contributed by atoms with Crippen LogP contribution in [0.25, 0.3) is 10.8 Å². The Morgan fingerprint density at radius 1 is 1.20 bits per heavy atom. The Labute approximate surface area is 119 Å². The van der Waals surface area contributed by atoms with Crippen LogP contribution >= 0.6 is 0 Å². The second kappa shape index (κ2) is 5.63. The third-order valence-corrected chi connectivity index (χ3v) is 3.74. The quantitative estimate of drug-likeness (QED) is 0.875. The normalized spacial score (nSPS) is 16.1. The molecule has 0 radical (unpaired) electrons. The zero-order chi connectivity index (χ0) is 13.9. The molecule has 1 unspecified atom stereocenters. The third kappa shape index (κ3) is 3.17. The molecule has 1 aliphatic rings. The fraction of sp³-hybridized carbons (Fsp3) is 0.353. The molecule has 1 amide bonds. The van der Waals surface area contributed by atoms with E-state index in [0.29, 0.717) is 12.6 Å². The highest BCUT2D eigenvalue weighted by Gasteiger charge is 2.25. The van der Waals surface area contributed by atoms with Crippen LogP contribution in [0, 0.1) is 0 Å². The van der Waals surface area contributed by atoms with Gasteiger partial charge in [-0.1, -0.05) is 36.4 Å². The van der Waals surface area contributed by atoms with Crippen LogP contribution in [0.5, 0.6) is 0 Å². The molecule has 2 aromatic carbocycles. The number of amides is 1. The summed E-state index contributed by atoms with van der Waals surface area (Å²) in [7, 11) is 0. The summed E-state index contributed by atoms with van der Waals surface area (Å²) in [5, 5.41) is 8.79. The van der Waals surface area contributed by atoms with Crippen molar-refractivity contribution in [2.75, 3.05) is 0 Å². The molecule has 104 valence electrons. The number of carbonyl (C=O) groups is 1. The van der Waals surface area contributed by atoms with Gasteiger partial charge in [0.1, 0.15) is 0 Å². The zero-order valence-corrected chi connectivity index (χ0v) is 11.7. The Kier molecular flexibility index (Phi) is 3.70. The van der Waals surface area contributed by atoms with Crippen molar-refractivity contribution in [3.63, 3.8) is 0 Å². The van der Waals surface area contributed by atoms with Crippen molar-refractivity contribution in [2.24, 2.45) is 0 Å². The summed E-state index contributed by atoms with van der Waals surface area (Å²) >= 11 is 0. The van der Waals surface area contributed by atoms with E-state index in [0.717, 1.165) is 12.8 Å². The Hall–Kier alpha value is -1.87. The van der Waals surface area contributed by atoms with Gasteiger partial charge in [0, 0.05) is 12.6 Å². The Morgan fingerprint density at radius 3 is 2.70 bits per heavy atom. The van der Waals surface area contributed by atoms with Crippen molar-refractivity contribution in [3.05, 3.63) is 48.0 Å². The van der Waals surface area contributed by atoms with Crippen LogP contribution in [0.15, 0.2) is 42.5 Å². The van der Waals surface area contributed by atoms with Crippen molar-refractivity contribution in [2.45, 2.75) is 38.4 Å². The van der Waals surface area contributed by atoms with E-state index < -0.39 is 0 Å². The summed E-state index contributed by atoms with van der Waals surface area (Å²) in [6, 6.07) is 15.0. The second-order valence-corrected chi connectivity index (χ2v) is 5.57. The number of hydrogen-bond acceptors (Lipinski definition) is 2. The first-order valence-electron chi connectivity index (χ1n) is 7.24. The fourth-order valence-electron chi connectivity index (χ4n) is 2.27. The zero-order valence-electron chi connectivity index (χ0n) is 11.7. The van der Waals surface area contributed by atoms with Gasteiger partial charge in [-0.2, -0.15) is 0 Å². The van der Waals surface area contributed by atoms with Crippen molar-refractivity contribution in [3.8, 4) is 0 Å². The smallest absolute Gasteiger partial charge is 0.237 e. The molecular weight excluding hydrogens is 248 g/mol. The largest absolute Gasteiger partial charge is 0.352 e. The molecule has 2 aromatic rings. The highest BCUT2D eigenvalue weighted by Crippen LogP contribution is 2.18. The lowest BCUT2D eigenvalue weighted by Gasteiger charge is -2.14. The minimum absolute atomic E-state index is 0.105. The van der Waals surface area contributed by atoms with E-state index in [1.54, 1.807) is 0 Å². The number of fused-ring (bicyclic) bond motifs is 1. The molecule has 0 aromatic heterocycles. The lowest BCUT2D eigenvalue weighted by atomic mass is 10.1. The molecule has 0 aliphatic heterocycles. The lowest BCUT2D eigenvalue weighted by molar-refractivity contribution is -0.122. The molecular formula is C17H20N2O. The summed E-state index contributed by atoms with van der Waals surface area (Å²) in [5.41, 5.74) is 1.20. The minimum Gasteiger partial charge on any atom is -0.352 e. The lowest BCUT2D eigenvalue weighted by Crippen LogP contribution is -2.42. The van der Waals surface area contributed by atoms with E-state index in [1.165, 1.54) is 16.3 Å². The van der Waals surface area contributed by atoms with Crippen LogP contribution in [-0.4, -0.2) is 18.0 Å². The molecule has 3 heteroatoms. The van der Waals surface area contributed by atoms with E-state index in [-0.39, 0.29) is 11.9 Å². The molecule has 1 fully saturated rings. The SMILES string of the molecule is CC(NCc1ccc2ccccc2c1)C(=O)NC1CC1. The van der Waals surface area contributed by atoms with Gasteiger partial charge in [0.15, 0.2) is 0 Å². The molecule has 2 N–H and O–H groups in total. The van der Waals surface area contributed by atoms with Gasteiger partial charge in [-0.3, -0.25) is 4.79 Å². The van der Waals surface area contributed by atoms with E-state index >= 15 is 0 Å². The average Bonchev–Trinajstić information content (AvgIpc) is 3.28. The average molecular weight is 268 g/mol. The van der Waals surface area contributed by atoms with Gasteiger partial charge in [0.2, 0.25) is 5.91 Å². The molecule has 1 saturated carbocycles. The molecule has 20 heavy (non-hydrogen) atoms. The Morgan fingerprint density at radius 2 is 1.95 bits per heavy atom. The topological polar surface area (TPSA) is 41.1 Å².